The lowest BCUT2D eigenvalue weighted by Gasteiger charge is -2.09. The van der Waals surface area contributed by atoms with Crippen LogP contribution in [0, 0.1) is 0 Å². The van der Waals surface area contributed by atoms with Crippen molar-refractivity contribution in [1.82, 2.24) is 15.0 Å². The molecule has 0 saturated carbocycles. The number of aromatic nitrogens is 3. The lowest BCUT2D eigenvalue weighted by Crippen LogP contribution is -2.14. The molecule has 94 valence electrons. The number of aromatic amines is 1. The number of fused-ring (bicyclic) bond motifs is 1. The minimum absolute atomic E-state index is 0.350. The van der Waals surface area contributed by atoms with Gasteiger partial charge >= 0.3 is 0 Å². The zero-order chi connectivity index (χ0) is 13.2. The Morgan fingerprint density at radius 1 is 1.21 bits per heavy atom. The van der Waals surface area contributed by atoms with Crippen molar-refractivity contribution in [2.75, 3.05) is 5.32 Å². The number of nitrogens with zero attached hydrogens (tertiary/aromatic N) is 2. The van der Waals surface area contributed by atoms with Crippen molar-refractivity contribution in [2.45, 2.75) is 0 Å². The number of carbonyl (C=O) groups excluding carboxylic acids is 1. The van der Waals surface area contributed by atoms with Gasteiger partial charge in [0.15, 0.2) is 0 Å². The van der Waals surface area contributed by atoms with E-state index in [1.807, 2.05) is 12.1 Å². The third-order valence-corrected chi connectivity index (χ3v) is 2.79. The molecular formula is C13H11N5O. The fourth-order valence-corrected chi connectivity index (χ4v) is 1.90. The Bertz CT molecular complexity index is 749. The molecule has 0 saturated heterocycles. The van der Waals surface area contributed by atoms with Crippen molar-refractivity contribution < 1.29 is 4.79 Å². The molecule has 0 bridgehead atoms. The van der Waals surface area contributed by atoms with Crippen molar-refractivity contribution in [1.29, 1.82) is 0 Å². The molecule has 0 aliphatic heterocycles. The van der Waals surface area contributed by atoms with Gasteiger partial charge in [-0.05, 0) is 24.3 Å². The summed E-state index contributed by atoms with van der Waals surface area (Å²) in [5, 5.41) is 4.03. The van der Waals surface area contributed by atoms with E-state index in [0.29, 0.717) is 11.4 Å². The van der Waals surface area contributed by atoms with E-state index in [4.69, 9.17) is 5.73 Å². The second-order valence-electron chi connectivity index (χ2n) is 3.99. The van der Waals surface area contributed by atoms with Crippen molar-refractivity contribution in [3.05, 3.63) is 48.4 Å². The van der Waals surface area contributed by atoms with E-state index >= 15 is 0 Å². The molecule has 6 nitrogen and oxygen atoms in total. The van der Waals surface area contributed by atoms with Crippen LogP contribution in [0.2, 0.25) is 0 Å². The molecule has 4 N–H and O–H groups in total. The fraction of sp³-hybridized carbons (Fsp3) is 0. The number of anilines is 2. The molecule has 3 aromatic heterocycles. The van der Waals surface area contributed by atoms with E-state index in [2.05, 4.69) is 20.3 Å². The first kappa shape index (κ1) is 11.2. The van der Waals surface area contributed by atoms with Crippen molar-refractivity contribution in [3.63, 3.8) is 0 Å². The SMILES string of the molecule is NC(=O)c1cccnc1Nc1ccnc2[nH]ccc12. The summed E-state index contributed by atoms with van der Waals surface area (Å²) in [4.78, 5) is 22.7. The smallest absolute Gasteiger partial charge is 0.252 e. The Hall–Kier alpha value is -2.89. The van der Waals surface area contributed by atoms with Gasteiger partial charge in [-0.15, -0.1) is 0 Å². The molecule has 0 aromatic carbocycles. The number of hydrogen-bond donors (Lipinski definition) is 3. The van der Waals surface area contributed by atoms with Crippen molar-refractivity contribution in [2.24, 2.45) is 5.73 Å². The van der Waals surface area contributed by atoms with Gasteiger partial charge in [0.1, 0.15) is 11.5 Å². The maximum atomic E-state index is 11.3. The number of carbonyl (C=O) groups is 1. The number of nitrogens with two attached hydrogens (primary N) is 1. The van der Waals surface area contributed by atoms with Crippen molar-refractivity contribution >= 4 is 28.4 Å². The molecule has 3 rings (SSSR count). The van der Waals surface area contributed by atoms with Crippen LogP contribution in [-0.2, 0) is 0 Å². The monoisotopic (exact) mass is 253 g/mol. The summed E-state index contributed by atoms with van der Waals surface area (Å²) < 4.78 is 0. The number of amides is 1. The van der Waals surface area contributed by atoms with Crippen LogP contribution in [0.5, 0.6) is 0 Å². The molecule has 3 heterocycles. The number of nitrogens with one attached hydrogen (secondary N) is 2. The summed E-state index contributed by atoms with van der Waals surface area (Å²) >= 11 is 0. The maximum absolute atomic E-state index is 11.3. The highest BCUT2D eigenvalue weighted by molar-refractivity contribution is 5.99. The maximum Gasteiger partial charge on any atom is 0.252 e. The predicted molar refractivity (Wildman–Crippen MR) is 72.1 cm³/mol. The second kappa shape index (κ2) is 4.41. The Morgan fingerprint density at radius 2 is 2.11 bits per heavy atom. The lowest BCUT2D eigenvalue weighted by atomic mass is 10.2. The fourth-order valence-electron chi connectivity index (χ4n) is 1.90. The van der Waals surface area contributed by atoms with Crippen LogP contribution in [0.4, 0.5) is 11.5 Å². The largest absolute Gasteiger partial charge is 0.365 e. The van der Waals surface area contributed by atoms with Gasteiger partial charge in [-0.3, -0.25) is 4.79 Å². The number of pyridine rings is 2. The van der Waals surface area contributed by atoms with E-state index in [9.17, 15) is 4.79 Å². The zero-order valence-electron chi connectivity index (χ0n) is 9.92. The van der Waals surface area contributed by atoms with Crippen LogP contribution in [-0.4, -0.2) is 20.9 Å². The van der Waals surface area contributed by atoms with Gasteiger partial charge in [0.25, 0.3) is 5.91 Å². The van der Waals surface area contributed by atoms with Crippen LogP contribution in [0.25, 0.3) is 11.0 Å². The molecule has 0 spiro atoms. The van der Waals surface area contributed by atoms with E-state index in [1.165, 1.54) is 0 Å². The minimum atomic E-state index is -0.519. The van der Waals surface area contributed by atoms with Gasteiger partial charge in [0.05, 0.1) is 11.3 Å². The average molecular weight is 253 g/mol. The first-order chi connectivity index (χ1) is 9.25. The summed E-state index contributed by atoms with van der Waals surface area (Å²) in [6.45, 7) is 0. The van der Waals surface area contributed by atoms with Crippen molar-refractivity contribution in [3.8, 4) is 0 Å². The Balaban J connectivity index is 2.06. The van der Waals surface area contributed by atoms with Crippen LogP contribution in [0.1, 0.15) is 10.4 Å². The molecule has 0 unspecified atom stereocenters. The molecule has 0 fully saturated rings. The number of primary amides is 1. The van der Waals surface area contributed by atoms with Gasteiger partial charge in [-0.25, -0.2) is 9.97 Å². The van der Waals surface area contributed by atoms with Crippen LogP contribution < -0.4 is 11.1 Å². The highest BCUT2D eigenvalue weighted by Crippen LogP contribution is 2.24. The summed E-state index contributed by atoms with van der Waals surface area (Å²) in [7, 11) is 0. The Labute approximate surface area is 108 Å². The molecule has 0 atom stereocenters. The first-order valence-electron chi connectivity index (χ1n) is 5.69. The van der Waals surface area contributed by atoms with Gasteiger partial charge in [0, 0.05) is 24.0 Å². The minimum Gasteiger partial charge on any atom is -0.365 e. The van der Waals surface area contributed by atoms with Gasteiger partial charge < -0.3 is 16.0 Å². The summed E-state index contributed by atoms with van der Waals surface area (Å²) in [6, 6.07) is 7.02. The van der Waals surface area contributed by atoms with E-state index in [0.717, 1.165) is 16.7 Å². The van der Waals surface area contributed by atoms with Crippen LogP contribution in [0.15, 0.2) is 42.9 Å². The van der Waals surface area contributed by atoms with Gasteiger partial charge in [-0.2, -0.15) is 0 Å². The Morgan fingerprint density at radius 3 is 2.95 bits per heavy atom. The number of H-pyrrole nitrogens is 1. The molecule has 6 heteroatoms. The van der Waals surface area contributed by atoms with Gasteiger partial charge in [0.2, 0.25) is 0 Å². The van der Waals surface area contributed by atoms with Gasteiger partial charge in [-0.1, -0.05) is 0 Å². The van der Waals surface area contributed by atoms with Crippen LogP contribution in [0.3, 0.4) is 0 Å². The molecule has 19 heavy (non-hydrogen) atoms. The second-order valence-corrected chi connectivity index (χ2v) is 3.99. The van der Waals surface area contributed by atoms with E-state index in [-0.39, 0.29) is 0 Å². The number of rotatable bonds is 3. The lowest BCUT2D eigenvalue weighted by molar-refractivity contribution is 0.100. The standard InChI is InChI=1S/C13H11N5O/c14-11(19)9-2-1-5-15-13(9)18-10-4-7-17-12-8(10)3-6-16-12/h1-7H,(H2,14,19)(H2,15,16,17,18). The quantitative estimate of drug-likeness (QED) is 0.663. The molecule has 1 amide bonds. The third kappa shape index (κ3) is 1.99. The topological polar surface area (TPSA) is 96.7 Å². The molecular weight excluding hydrogens is 242 g/mol. The molecule has 0 aliphatic rings. The predicted octanol–water partition coefficient (Wildman–Crippen LogP) is 1.80. The molecule has 3 aromatic rings. The average Bonchev–Trinajstić information content (AvgIpc) is 2.88. The third-order valence-electron chi connectivity index (χ3n) is 2.79. The zero-order valence-corrected chi connectivity index (χ0v) is 9.92. The summed E-state index contributed by atoms with van der Waals surface area (Å²) in [5.41, 5.74) is 7.25. The molecule has 0 aliphatic carbocycles. The van der Waals surface area contributed by atoms with E-state index in [1.54, 1.807) is 30.7 Å². The van der Waals surface area contributed by atoms with E-state index < -0.39 is 5.91 Å². The Kier molecular flexibility index (Phi) is 2.60. The first-order valence-corrected chi connectivity index (χ1v) is 5.69. The number of hydrogen-bond acceptors (Lipinski definition) is 4. The summed E-state index contributed by atoms with van der Waals surface area (Å²) in [5.74, 6) is -0.0846. The van der Waals surface area contributed by atoms with Crippen LogP contribution >= 0.6 is 0 Å². The summed E-state index contributed by atoms with van der Waals surface area (Å²) in [6.07, 6.45) is 5.08. The normalized spacial score (nSPS) is 10.5. The highest BCUT2D eigenvalue weighted by atomic mass is 16.1. The highest BCUT2D eigenvalue weighted by Gasteiger charge is 2.10. The molecule has 0 radical (unpaired) electrons.